The molecule has 0 aliphatic heterocycles. The Kier molecular flexibility index (Phi) is 3.71. The standard InChI is InChI=1S/C9H4BrClF2/c10-5-1-2-6-3-4-7(12)8(11)9(6)13/h3-4H,5H2. The Morgan fingerprint density at radius 3 is 2.69 bits per heavy atom. The van der Waals surface area contributed by atoms with Crippen molar-refractivity contribution in [2.45, 2.75) is 0 Å². The lowest BCUT2D eigenvalue weighted by Gasteiger charge is -1.97. The van der Waals surface area contributed by atoms with Crippen molar-refractivity contribution in [3.8, 4) is 11.8 Å². The van der Waals surface area contributed by atoms with Crippen molar-refractivity contribution in [3.63, 3.8) is 0 Å². The van der Waals surface area contributed by atoms with Crippen LogP contribution < -0.4 is 0 Å². The van der Waals surface area contributed by atoms with E-state index < -0.39 is 16.7 Å². The Morgan fingerprint density at radius 1 is 1.38 bits per heavy atom. The maximum atomic E-state index is 13.1. The number of rotatable bonds is 0. The summed E-state index contributed by atoms with van der Waals surface area (Å²) in [4.78, 5) is 0. The van der Waals surface area contributed by atoms with Gasteiger partial charge in [-0.15, -0.1) is 0 Å². The molecule has 0 atom stereocenters. The predicted octanol–water partition coefficient (Wildman–Crippen LogP) is 3.36. The van der Waals surface area contributed by atoms with Crippen LogP contribution in [0.25, 0.3) is 0 Å². The highest BCUT2D eigenvalue weighted by atomic mass is 79.9. The fourth-order valence-electron chi connectivity index (χ4n) is 0.751. The topological polar surface area (TPSA) is 0 Å². The molecule has 0 N–H and O–H groups in total. The summed E-state index contributed by atoms with van der Waals surface area (Å²) in [5.41, 5.74) is 0.103. The zero-order chi connectivity index (χ0) is 9.84. The largest absolute Gasteiger partial charge is 0.205 e. The van der Waals surface area contributed by atoms with E-state index in [0.717, 1.165) is 6.07 Å². The van der Waals surface area contributed by atoms with Gasteiger partial charge in [0.15, 0.2) is 5.82 Å². The van der Waals surface area contributed by atoms with Crippen LogP contribution in [0, 0.1) is 23.5 Å². The van der Waals surface area contributed by atoms with Crippen molar-refractivity contribution in [2.75, 3.05) is 5.33 Å². The second-order valence-electron chi connectivity index (χ2n) is 2.16. The molecule has 1 aromatic carbocycles. The summed E-state index contributed by atoms with van der Waals surface area (Å²) >= 11 is 8.39. The quantitative estimate of drug-likeness (QED) is 0.383. The first-order valence-electron chi connectivity index (χ1n) is 3.35. The third-order valence-corrected chi connectivity index (χ3v) is 1.95. The molecule has 0 aliphatic carbocycles. The molecular formula is C9H4BrClF2. The lowest BCUT2D eigenvalue weighted by molar-refractivity contribution is 0.582. The summed E-state index contributed by atoms with van der Waals surface area (Å²) in [6.07, 6.45) is 0. The van der Waals surface area contributed by atoms with Gasteiger partial charge in [0.2, 0.25) is 0 Å². The maximum absolute atomic E-state index is 13.1. The maximum Gasteiger partial charge on any atom is 0.160 e. The third kappa shape index (κ3) is 2.43. The van der Waals surface area contributed by atoms with E-state index in [0.29, 0.717) is 5.33 Å². The molecule has 0 radical (unpaired) electrons. The zero-order valence-electron chi connectivity index (χ0n) is 6.37. The van der Waals surface area contributed by atoms with Crippen LogP contribution in [0.1, 0.15) is 5.56 Å². The first-order chi connectivity index (χ1) is 6.16. The van der Waals surface area contributed by atoms with Crippen LogP contribution >= 0.6 is 27.5 Å². The first-order valence-corrected chi connectivity index (χ1v) is 4.85. The first kappa shape index (κ1) is 10.5. The van der Waals surface area contributed by atoms with Gasteiger partial charge in [-0.3, -0.25) is 0 Å². The average Bonchev–Trinajstić information content (AvgIpc) is 2.13. The van der Waals surface area contributed by atoms with Crippen LogP contribution in [-0.2, 0) is 0 Å². The van der Waals surface area contributed by atoms with Gasteiger partial charge in [-0.25, -0.2) is 8.78 Å². The van der Waals surface area contributed by atoms with Crippen LogP contribution in [0.15, 0.2) is 12.1 Å². The summed E-state index contributed by atoms with van der Waals surface area (Å²) in [6, 6.07) is 2.34. The van der Waals surface area contributed by atoms with E-state index in [2.05, 4.69) is 27.8 Å². The van der Waals surface area contributed by atoms with Gasteiger partial charge in [0, 0.05) is 0 Å². The molecule has 68 valence electrons. The Bertz CT molecular complexity index is 379. The molecule has 0 spiro atoms. The van der Waals surface area contributed by atoms with E-state index in [1.54, 1.807) is 0 Å². The molecule has 4 heteroatoms. The Hall–Kier alpha value is -0.590. The molecule has 0 unspecified atom stereocenters. The molecule has 0 fully saturated rings. The van der Waals surface area contributed by atoms with Crippen molar-refractivity contribution in [2.24, 2.45) is 0 Å². The molecule has 1 rings (SSSR count). The number of alkyl halides is 1. The minimum atomic E-state index is -0.810. The van der Waals surface area contributed by atoms with Crippen LogP contribution in [0.5, 0.6) is 0 Å². The van der Waals surface area contributed by atoms with Gasteiger partial charge in [-0.05, 0) is 12.1 Å². The van der Waals surface area contributed by atoms with Gasteiger partial charge in [-0.1, -0.05) is 39.4 Å². The molecule has 13 heavy (non-hydrogen) atoms. The molecule has 0 saturated heterocycles. The summed E-state index contributed by atoms with van der Waals surface area (Å²) in [5.74, 6) is 3.52. The zero-order valence-corrected chi connectivity index (χ0v) is 8.72. The van der Waals surface area contributed by atoms with Crippen molar-refractivity contribution in [1.29, 1.82) is 0 Å². The summed E-state index contributed by atoms with van der Waals surface area (Å²) in [7, 11) is 0. The summed E-state index contributed by atoms with van der Waals surface area (Å²) < 4.78 is 25.7. The summed E-state index contributed by atoms with van der Waals surface area (Å²) in [5, 5.41) is -0.0806. The van der Waals surface area contributed by atoms with Crippen molar-refractivity contribution >= 4 is 27.5 Å². The number of hydrogen-bond acceptors (Lipinski definition) is 0. The second-order valence-corrected chi connectivity index (χ2v) is 3.10. The minimum Gasteiger partial charge on any atom is -0.205 e. The van der Waals surface area contributed by atoms with Crippen molar-refractivity contribution < 1.29 is 8.78 Å². The van der Waals surface area contributed by atoms with Gasteiger partial charge in [0.05, 0.1) is 10.9 Å². The molecule has 0 aliphatic rings. The monoisotopic (exact) mass is 264 g/mol. The van der Waals surface area contributed by atoms with Gasteiger partial charge in [-0.2, -0.15) is 0 Å². The normalized spacial score (nSPS) is 9.23. The minimum absolute atomic E-state index is 0.103. The predicted molar refractivity (Wildman–Crippen MR) is 52.0 cm³/mol. The van der Waals surface area contributed by atoms with E-state index in [1.807, 2.05) is 0 Å². The van der Waals surface area contributed by atoms with Gasteiger partial charge in [0.25, 0.3) is 0 Å². The molecular weight excluding hydrogens is 261 g/mol. The molecule has 0 amide bonds. The smallest absolute Gasteiger partial charge is 0.160 e. The Labute approximate surface area is 88.0 Å². The Balaban J connectivity index is 3.18. The highest BCUT2D eigenvalue weighted by molar-refractivity contribution is 9.09. The van der Waals surface area contributed by atoms with Crippen molar-refractivity contribution in [3.05, 3.63) is 34.4 Å². The van der Waals surface area contributed by atoms with E-state index in [4.69, 9.17) is 11.6 Å². The lowest BCUT2D eigenvalue weighted by Crippen LogP contribution is -1.88. The van der Waals surface area contributed by atoms with E-state index in [9.17, 15) is 8.78 Å². The fraction of sp³-hybridized carbons (Fsp3) is 0.111. The van der Waals surface area contributed by atoms with E-state index in [1.165, 1.54) is 6.07 Å². The van der Waals surface area contributed by atoms with E-state index >= 15 is 0 Å². The lowest BCUT2D eigenvalue weighted by atomic mass is 10.2. The average molecular weight is 265 g/mol. The Morgan fingerprint density at radius 2 is 2.08 bits per heavy atom. The van der Waals surface area contributed by atoms with Gasteiger partial charge in [0.1, 0.15) is 10.8 Å². The van der Waals surface area contributed by atoms with Crippen LogP contribution in [0.2, 0.25) is 5.02 Å². The molecule has 0 nitrogen and oxygen atoms in total. The van der Waals surface area contributed by atoms with Crippen LogP contribution in [0.3, 0.4) is 0 Å². The van der Waals surface area contributed by atoms with Gasteiger partial charge < -0.3 is 0 Å². The molecule has 1 aromatic rings. The van der Waals surface area contributed by atoms with E-state index in [-0.39, 0.29) is 5.56 Å². The number of hydrogen-bond donors (Lipinski definition) is 0. The van der Waals surface area contributed by atoms with Crippen LogP contribution in [-0.4, -0.2) is 5.33 Å². The van der Waals surface area contributed by atoms with Crippen molar-refractivity contribution in [1.82, 2.24) is 0 Å². The SMILES string of the molecule is Fc1ccc(C#CCBr)c(F)c1Cl. The second kappa shape index (κ2) is 4.59. The summed E-state index contributed by atoms with van der Waals surface area (Å²) in [6.45, 7) is 0. The highest BCUT2D eigenvalue weighted by Gasteiger charge is 2.09. The molecule has 0 aromatic heterocycles. The third-order valence-electron chi connectivity index (χ3n) is 1.33. The number of benzene rings is 1. The van der Waals surface area contributed by atoms with Crippen LogP contribution in [0.4, 0.5) is 8.78 Å². The highest BCUT2D eigenvalue weighted by Crippen LogP contribution is 2.21. The fourth-order valence-corrected chi connectivity index (χ4v) is 1.06. The number of halogens is 4. The molecule has 0 saturated carbocycles. The molecule has 0 heterocycles. The molecule has 0 bridgehead atoms. The van der Waals surface area contributed by atoms with Gasteiger partial charge >= 0.3 is 0 Å².